The van der Waals surface area contributed by atoms with Crippen molar-refractivity contribution in [1.82, 2.24) is 19.4 Å². The van der Waals surface area contributed by atoms with Crippen LogP contribution in [-0.4, -0.2) is 50.5 Å². The van der Waals surface area contributed by atoms with Gasteiger partial charge in [-0.25, -0.2) is 9.18 Å². The lowest BCUT2D eigenvalue weighted by molar-refractivity contribution is -0.129. The summed E-state index contributed by atoms with van der Waals surface area (Å²) in [7, 11) is 0. The van der Waals surface area contributed by atoms with Crippen LogP contribution < -0.4 is 10.6 Å². The fourth-order valence-corrected chi connectivity index (χ4v) is 6.40. The number of halogens is 2. The van der Waals surface area contributed by atoms with Crippen LogP contribution in [0.15, 0.2) is 72.4 Å². The second kappa shape index (κ2) is 11.8. The Bertz CT molecular complexity index is 1820. The van der Waals surface area contributed by atoms with Crippen LogP contribution in [0.2, 0.25) is 5.02 Å². The lowest BCUT2D eigenvalue weighted by atomic mass is 9.97. The molecule has 222 valence electrons. The number of anilines is 1. The van der Waals surface area contributed by atoms with Crippen LogP contribution in [0, 0.1) is 6.92 Å². The molecule has 1 aliphatic rings. The van der Waals surface area contributed by atoms with Crippen molar-refractivity contribution in [2.45, 2.75) is 52.6 Å². The Labute approximate surface area is 255 Å². The SMILES string of the molecule is C=Cc1ccccc1-c1cc2c(cc1Cl)c(N1[C@@H](C)CN(C(=O)C(=C)F)C[C@@H]1C)nc(=O)n2-c1c(C)ccnc1C(C)C. The predicted molar refractivity (Wildman–Crippen MR) is 173 cm³/mol. The highest BCUT2D eigenvalue weighted by Crippen LogP contribution is 2.39. The number of carbonyl (C=O) groups excluding carboxylic acids is 1. The van der Waals surface area contributed by atoms with E-state index in [1.807, 2.05) is 82.0 Å². The van der Waals surface area contributed by atoms with Crippen LogP contribution in [0.5, 0.6) is 0 Å². The predicted octanol–water partition coefficient (Wildman–Crippen LogP) is 7.08. The van der Waals surface area contributed by atoms with Crippen LogP contribution in [0.4, 0.5) is 10.2 Å². The molecule has 1 amide bonds. The number of rotatable bonds is 6. The van der Waals surface area contributed by atoms with E-state index in [0.29, 0.717) is 27.4 Å². The molecule has 0 unspecified atom stereocenters. The summed E-state index contributed by atoms with van der Waals surface area (Å²) in [5, 5.41) is 1.17. The summed E-state index contributed by atoms with van der Waals surface area (Å²) >= 11 is 7.02. The van der Waals surface area contributed by atoms with Gasteiger partial charge in [0.25, 0.3) is 5.91 Å². The van der Waals surface area contributed by atoms with Crippen molar-refractivity contribution in [2.75, 3.05) is 18.0 Å². The molecule has 0 bridgehead atoms. The topological polar surface area (TPSA) is 71.3 Å². The van der Waals surface area contributed by atoms with E-state index in [9.17, 15) is 14.0 Å². The van der Waals surface area contributed by atoms with Gasteiger partial charge in [0.15, 0.2) is 5.83 Å². The lowest BCUT2D eigenvalue weighted by Crippen LogP contribution is -2.59. The molecule has 5 rings (SSSR count). The summed E-state index contributed by atoms with van der Waals surface area (Å²) in [6, 6.07) is 12.9. The smallest absolute Gasteiger partial charge is 0.347 e. The van der Waals surface area contributed by atoms with Gasteiger partial charge in [0.2, 0.25) is 0 Å². The van der Waals surface area contributed by atoms with E-state index >= 15 is 0 Å². The van der Waals surface area contributed by atoms with E-state index in [0.717, 1.165) is 27.9 Å². The largest absolute Gasteiger partial charge is 0.354 e. The Kier molecular flexibility index (Phi) is 8.25. The summed E-state index contributed by atoms with van der Waals surface area (Å²) in [5.41, 5.74) is 5.07. The first-order valence-electron chi connectivity index (χ1n) is 14.3. The third-order valence-corrected chi connectivity index (χ3v) is 8.35. The quantitative estimate of drug-likeness (QED) is 0.221. The maximum Gasteiger partial charge on any atom is 0.354 e. The molecule has 0 N–H and O–H groups in total. The van der Waals surface area contributed by atoms with Crippen LogP contribution in [0.25, 0.3) is 33.8 Å². The highest BCUT2D eigenvalue weighted by Gasteiger charge is 2.35. The van der Waals surface area contributed by atoms with E-state index in [4.69, 9.17) is 11.6 Å². The van der Waals surface area contributed by atoms with Crippen LogP contribution >= 0.6 is 11.6 Å². The summed E-state index contributed by atoms with van der Waals surface area (Å²) in [6.45, 7) is 17.5. The first kappa shape index (κ1) is 30.2. The number of nitrogens with zero attached hydrogens (tertiary/aromatic N) is 5. The van der Waals surface area contributed by atoms with Crippen LogP contribution in [0.3, 0.4) is 0 Å². The molecule has 2 aromatic carbocycles. The first-order valence-corrected chi connectivity index (χ1v) is 14.7. The number of carbonyl (C=O) groups is 1. The van der Waals surface area contributed by atoms with E-state index in [1.165, 1.54) is 4.90 Å². The number of benzene rings is 2. The minimum atomic E-state index is -0.995. The summed E-state index contributed by atoms with van der Waals surface area (Å²) in [4.78, 5) is 39.4. The molecule has 2 atom stereocenters. The van der Waals surface area contributed by atoms with Gasteiger partial charge in [-0.3, -0.25) is 14.3 Å². The van der Waals surface area contributed by atoms with Gasteiger partial charge < -0.3 is 9.80 Å². The summed E-state index contributed by atoms with van der Waals surface area (Å²) < 4.78 is 15.4. The van der Waals surface area contributed by atoms with Gasteiger partial charge in [-0.2, -0.15) is 4.98 Å². The number of hydrogen-bond donors (Lipinski definition) is 0. The molecule has 0 radical (unpaired) electrons. The molecular formula is C34H35ClFN5O2. The van der Waals surface area contributed by atoms with Gasteiger partial charge >= 0.3 is 5.69 Å². The maximum absolute atomic E-state index is 14.2. The normalized spacial score (nSPS) is 17.0. The number of amides is 1. The molecule has 3 heterocycles. The van der Waals surface area contributed by atoms with Crippen molar-refractivity contribution in [3.8, 4) is 16.8 Å². The van der Waals surface area contributed by atoms with Crippen molar-refractivity contribution >= 4 is 40.3 Å². The van der Waals surface area contributed by atoms with Gasteiger partial charge in [0.1, 0.15) is 5.82 Å². The number of aryl methyl sites for hydroxylation is 1. The zero-order valence-electron chi connectivity index (χ0n) is 25.1. The van der Waals surface area contributed by atoms with Gasteiger partial charge in [-0.15, -0.1) is 0 Å². The first-order chi connectivity index (χ1) is 20.4. The molecule has 0 spiro atoms. The van der Waals surface area contributed by atoms with Crippen LogP contribution in [-0.2, 0) is 4.79 Å². The van der Waals surface area contributed by atoms with Gasteiger partial charge in [-0.1, -0.05) is 68.9 Å². The second-order valence-electron chi connectivity index (χ2n) is 11.4. The van der Waals surface area contributed by atoms with Crippen molar-refractivity contribution in [2.24, 2.45) is 0 Å². The van der Waals surface area contributed by atoms with Crippen LogP contribution in [0.1, 0.15) is 50.4 Å². The lowest BCUT2D eigenvalue weighted by Gasteiger charge is -2.45. The minimum Gasteiger partial charge on any atom is -0.347 e. The summed E-state index contributed by atoms with van der Waals surface area (Å²) in [6.07, 6.45) is 3.53. The Hall–Kier alpha value is -4.30. The molecule has 1 fully saturated rings. The average Bonchev–Trinajstić information content (AvgIpc) is 2.96. The number of fused-ring (bicyclic) bond motifs is 1. The molecule has 0 aliphatic carbocycles. The molecule has 9 heteroatoms. The molecule has 1 saturated heterocycles. The number of piperazine rings is 1. The molecular weight excluding hydrogens is 565 g/mol. The van der Waals surface area contributed by atoms with Gasteiger partial charge in [0, 0.05) is 47.3 Å². The Morgan fingerprint density at radius 3 is 2.42 bits per heavy atom. The Balaban J connectivity index is 1.83. The average molecular weight is 600 g/mol. The standard InChI is InChI=1S/C34H35ClFN5O2/c1-8-24-11-9-10-12-25(24)26-16-29-27(15-28(26)35)32(40-21(5)17-39(18-22(40)6)33(42)23(7)36)38-34(43)41(29)31-20(4)13-14-37-30(31)19(2)3/h8-16,19,21-22H,1,7,17-18H2,2-6H3/t21-,22-/m0/s1. The molecule has 7 nitrogen and oxygen atoms in total. The number of pyridine rings is 1. The van der Waals surface area contributed by atoms with Crippen molar-refractivity contribution in [3.05, 3.63) is 100.0 Å². The number of aromatic nitrogens is 3. The zero-order valence-corrected chi connectivity index (χ0v) is 25.8. The fourth-order valence-electron chi connectivity index (χ4n) is 6.13. The van der Waals surface area contributed by atoms with Crippen molar-refractivity contribution in [1.29, 1.82) is 0 Å². The zero-order chi connectivity index (χ0) is 31.2. The molecule has 1 aliphatic heterocycles. The van der Waals surface area contributed by atoms with E-state index in [2.05, 4.69) is 23.1 Å². The molecule has 4 aromatic rings. The maximum atomic E-state index is 14.2. The minimum absolute atomic E-state index is 0.0423. The van der Waals surface area contributed by atoms with Crippen molar-refractivity contribution < 1.29 is 9.18 Å². The highest BCUT2D eigenvalue weighted by molar-refractivity contribution is 6.34. The number of hydrogen-bond acceptors (Lipinski definition) is 5. The molecule has 0 saturated carbocycles. The van der Waals surface area contributed by atoms with E-state index in [1.54, 1.807) is 16.8 Å². The Morgan fingerprint density at radius 2 is 1.79 bits per heavy atom. The summed E-state index contributed by atoms with van der Waals surface area (Å²) in [5.74, 6) is -1.22. The monoisotopic (exact) mass is 599 g/mol. The molecule has 43 heavy (non-hydrogen) atoms. The Morgan fingerprint density at radius 1 is 1.12 bits per heavy atom. The third kappa shape index (κ3) is 5.36. The van der Waals surface area contributed by atoms with E-state index in [-0.39, 0.29) is 31.1 Å². The van der Waals surface area contributed by atoms with Crippen molar-refractivity contribution in [3.63, 3.8) is 0 Å². The molecule has 2 aromatic heterocycles. The van der Waals surface area contributed by atoms with Gasteiger partial charge in [-0.05, 0) is 61.6 Å². The van der Waals surface area contributed by atoms with E-state index < -0.39 is 17.4 Å². The third-order valence-electron chi connectivity index (χ3n) is 8.04. The highest BCUT2D eigenvalue weighted by atomic mass is 35.5. The van der Waals surface area contributed by atoms with Gasteiger partial charge in [0.05, 0.1) is 16.9 Å². The second-order valence-corrected chi connectivity index (χ2v) is 11.8. The fraction of sp³-hybridized carbons (Fsp3) is 0.294.